The number of aliphatic hydroxyl groups is 1. The van der Waals surface area contributed by atoms with Crippen LogP contribution >= 0.6 is 0 Å². The third kappa shape index (κ3) is 46.1. The minimum Gasteiger partial charge on any atom is -0.457 e. The highest BCUT2D eigenvalue weighted by Gasteiger charge is 2.13. The second-order valence-corrected chi connectivity index (χ2v) is 15.5. The van der Waals surface area contributed by atoms with Crippen LogP contribution in [0.25, 0.3) is 0 Å². The summed E-state index contributed by atoms with van der Waals surface area (Å²) in [6.45, 7) is 5.28. The predicted molar refractivity (Wildman–Crippen MR) is 242 cm³/mol. The molecule has 1 unspecified atom stereocenters. The summed E-state index contributed by atoms with van der Waals surface area (Å²) in [6.07, 6.45) is 65.4. The van der Waals surface area contributed by atoms with Gasteiger partial charge in [-0.15, -0.1) is 0 Å². The van der Waals surface area contributed by atoms with E-state index < -0.39 is 6.10 Å². The molecule has 0 aliphatic heterocycles. The molecule has 0 aliphatic rings. The van der Waals surface area contributed by atoms with Gasteiger partial charge in [0, 0.05) is 13.0 Å². The van der Waals surface area contributed by atoms with Crippen LogP contribution in [-0.4, -0.2) is 37.0 Å². The van der Waals surface area contributed by atoms with Gasteiger partial charge in [0.15, 0.2) is 0 Å². The SMILES string of the molecule is CCCCC/C=C\C/C=C\C/C=C\CCCCCCCCCOCC(CO)OC(=O)CCCCCCCCCC/C=C\C/C=C\C/C=C\CCCCCCC. The van der Waals surface area contributed by atoms with Crippen LogP contribution in [0.1, 0.15) is 219 Å². The van der Waals surface area contributed by atoms with Crippen molar-refractivity contribution in [2.75, 3.05) is 19.8 Å². The van der Waals surface area contributed by atoms with E-state index in [4.69, 9.17) is 9.47 Å². The van der Waals surface area contributed by atoms with Gasteiger partial charge in [-0.25, -0.2) is 0 Å². The summed E-state index contributed by atoms with van der Waals surface area (Å²) in [6, 6.07) is 0. The van der Waals surface area contributed by atoms with Crippen molar-refractivity contribution in [2.24, 2.45) is 0 Å². The lowest BCUT2D eigenvalue weighted by atomic mass is 10.1. The number of carbonyl (C=O) groups is 1. The minimum atomic E-state index is -0.548. The first-order chi connectivity index (χ1) is 27.2. The zero-order valence-electron chi connectivity index (χ0n) is 36.4. The number of rotatable bonds is 43. The smallest absolute Gasteiger partial charge is 0.306 e. The zero-order chi connectivity index (χ0) is 39.8. The van der Waals surface area contributed by atoms with E-state index in [1.165, 1.54) is 148 Å². The molecule has 0 rings (SSSR count). The van der Waals surface area contributed by atoms with Gasteiger partial charge in [-0.2, -0.15) is 0 Å². The third-order valence-corrected chi connectivity index (χ3v) is 10.0. The first kappa shape index (κ1) is 52.8. The second kappa shape index (κ2) is 48.0. The van der Waals surface area contributed by atoms with Crippen LogP contribution in [0.4, 0.5) is 0 Å². The Labute approximate surface area is 342 Å². The summed E-state index contributed by atoms with van der Waals surface area (Å²) < 4.78 is 11.2. The number of carbonyl (C=O) groups excluding carboxylic acids is 1. The van der Waals surface area contributed by atoms with Crippen molar-refractivity contribution in [2.45, 2.75) is 225 Å². The Kier molecular flexibility index (Phi) is 46.1. The molecule has 0 amide bonds. The van der Waals surface area contributed by atoms with Crippen LogP contribution in [0.2, 0.25) is 0 Å². The van der Waals surface area contributed by atoms with E-state index in [1.807, 2.05) is 0 Å². The van der Waals surface area contributed by atoms with Crippen molar-refractivity contribution in [3.63, 3.8) is 0 Å². The predicted octanol–water partition coefficient (Wildman–Crippen LogP) is 15.8. The molecule has 0 aromatic heterocycles. The summed E-state index contributed by atoms with van der Waals surface area (Å²) in [5, 5.41) is 9.63. The molecule has 55 heavy (non-hydrogen) atoms. The summed E-state index contributed by atoms with van der Waals surface area (Å²) in [5.74, 6) is -0.213. The zero-order valence-corrected chi connectivity index (χ0v) is 36.4. The molecule has 0 radical (unpaired) electrons. The van der Waals surface area contributed by atoms with Gasteiger partial charge in [0.25, 0.3) is 0 Å². The lowest BCUT2D eigenvalue weighted by Gasteiger charge is -2.16. The van der Waals surface area contributed by atoms with Crippen molar-refractivity contribution in [1.29, 1.82) is 0 Å². The average molecular weight is 767 g/mol. The Morgan fingerprint density at radius 3 is 1.18 bits per heavy atom. The van der Waals surface area contributed by atoms with E-state index in [1.54, 1.807) is 0 Å². The Morgan fingerprint density at radius 1 is 0.436 bits per heavy atom. The van der Waals surface area contributed by atoms with E-state index in [-0.39, 0.29) is 19.2 Å². The number of hydrogen-bond acceptors (Lipinski definition) is 4. The van der Waals surface area contributed by atoms with E-state index in [0.29, 0.717) is 13.0 Å². The molecule has 4 heteroatoms. The van der Waals surface area contributed by atoms with E-state index in [0.717, 1.165) is 51.4 Å². The van der Waals surface area contributed by atoms with Crippen LogP contribution in [0, 0.1) is 0 Å². The molecule has 0 spiro atoms. The molecular formula is C51H90O4. The molecule has 318 valence electrons. The van der Waals surface area contributed by atoms with Gasteiger partial charge >= 0.3 is 5.97 Å². The number of hydrogen-bond donors (Lipinski definition) is 1. The molecule has 0 saturated heterocycles. The van der Waals surface area contributed by atoms with Gasteiger partial charge in [-0.3, -0.25) is 4.79 Å². The van der Waals surface area contributed by atoms with E-state index in [9.17, 15) is 9.90 Å². The molecular weight excluding hydrogens is 677 g/mol. The van der Waals surface area contributed by atoms with Crippen LogP contribution in [0.3, 0.4) is 0 Å². The van der Waals surface area contributed by atoms with Gasteiger partial charge in [0.05, 0.1) is 13.2 Å². The minimum absolute atomic E-state index is 0.182. The molecule has 1 atom stereocenters. The van der Waals surface area contributed by atoms with Crippen molar-refractivity contribution >= 4 is 5.97 Å². The topological polar surface area (TPSA) is 55.8 Å². The van der Waals surface area contributed by atoms with Crippen molar-refractivity contribution in [1.82, 2.24) is 0 Å². The molecule has 4 nitrogen and oxygen atoms in total. The molecule has 1 N–H and O–H groups in total. The van der Waals surface area contributed by atoms with Crippen LogP contribution in [0.5, 0.6) is 0 Å². The normalized spacial score (nSPS) is 13.0. The Balaban J connectivity index is 3.49. The monoisotopic (exact) mass is 767 g/mol. The number of allylic oxidation sites excluding steroid dienone is 12. The fraction of sp³-hybridized carbons (Fsp3) is 0.745. The molecule has 0 heterocycles. The van der Waals surface area contributed by atoms with E-state index >= 15 is 0 Å². The summed E-state index contributed by atoms with van der Waals surface area (Å²) in [5.41, 5.74) is 0. The number of ether oxygens (including phenoxy) is 2. The molecule has 0 saturated carbocycles. The van der Waals surface area contributed by atoms with Crippen LogP contribution in [0.15, 0.2) is 72.9 Å². The number of esters is 1. The second-order valence-electron chi connectivity index (χ2n) is 15.5. The van der Waals surface area contributed by atoms with Crippen molar-refractivity contribution < 1.29 is 19.4 Å². The van der Waals surface area contributed by atoms with Crippen LogP contribution in [-0.2, 0) is 14.3 Å². The molecule has 0 bridgehead atoms. The van der Waals surface area contributed by atoms with Gasteiger partial charge in [-0.05, 0) is 89.9 Å². The fourth-order valence-electron chi connectivity index (χ4n) is 6.46. The quantitative estimate of drug-likeness (QED) is 0.0381. The van der Waals surface area contributed by atoms with Crippen molar-refractivity contribution in [3.8, 4) is 0 Å². The van der Waals surface area contributed by atoms with Gasteiger partial charge in [-0.1, -0.05) is 196 Å². The standard InChI is InChI=1S/C51H90O4/c1-3-5-7-9-11-13-15-17-19-21-23-25-26-27-28-30-32-34-36-38-40-42-44-46-51(53)55-50(48-52)49-54-47-45-43-41-39-37-35-33-31-29-24-22-20-18-16-14-12-10-8-6-4-2/h12,14-15,17-18,20-21,23-24,26-27,29,50,52H,3-11,13,16,19,22,25,28,30-49H2,1-2H3/b14-12-,17-15-,20-18-,23-21-,27-26-,29-24-. The first-order valence-corrected chi connectivity index (χ1v) is 23.5. The molecule has 0 aliphatic carbocycles. The largest absolute Gasteiger partial charge is 0.457 e. The number of aliphatic hydroxyl groups excluding tert-OH is 1. The Bertz CT molecular complexity index is 942. The summed E-state index contributed by atoms with van der Waals surface area (Å²) in [7, 11) is 0. The lowest BCUT2D eigenvalue weighted by Crippen LogP contribution is -2.27. The maximum absolute atomic E-state index is 12.2. The first-order valence-electron chi connectivity index (χ1n) is 23.5. The Morgan fingerprint density at radius 2 is 0.764 bits per heavy atom. The van der Waals surface area contributed by atoms with Crippen LogP contribution < -0.4 is 0 Å². The molecule has 0 aromatic carbocycles. The third-order valence-electron chi connectivity index (χ3n) is 10.0. The summed E-state index contributed by atoms with van der Waals surface area (Å²) >= 11 is 0. The maximum atomic E-state index is 12.2. The lowest BCUT2D eigenvalue weighted by molar-refractivity contribution is -0.154. The van der Waals surface area contributed by atoms with Gasteiger partial charge in [0.1, 0.15) is 6.10 Å². The molecule has 0 aromatic rings. The average Bonchev–Trinajstić information content (AvgIpc) is 3.19. The highest BCUT2D eigenvalue weighted by molar-refractivity contribution is 5.69. The fourth-order valence-corrected chi connectivity index (χ4v) is 6.46. The summed E-state index contributed by atoms with van der Waals surface area (Å²) in [4.78, 5) is 12.2. The highest BCUT2D eigenvalue weighted by atomic mass is 16.6. The Hall–Kier alpha value is -2.17. The maximum Gasteiger partial charge on any atom is 0.306 e. The van der Waals surface area contributed by atoms with Gasteiger partial charge in [0.2, 0.25) is 0 Å². The highest BCUT2D eigenvalue weighted by Crippen LogP contribution is 2.13. The van der Waals surface area contributed by atoms with E-state index in [2.05, 4.69) is 86.8 Å². The van der Waals surface area contributed by atoms with Gasteiger partial charge < -0.3 is 14.6 Å². The van der Waals surface area contributed by atoms with Crippen molar-refractivity contribution in [3.05, 3.63) is 72.9 Å². The molecule has 0 fully saturated rings. The number of unbranched alkanes of at least 4 members (excludes halogenated alkanes) is 23.